The van der Waals surface area contributed by atoms with Crippen LogP contribution in [0.2, 0.25) is 0 Å². The molecule has 0 aromatic rings. The Kier molecular flexibility index (Phi) is 7.39. The van der Waals surface area contributed by atoms with Crippen LogP contribution < -0.4 is 5.32 Å². The molecule has 2 rings (SSSR count). The smallest absolute Gasteiger partial charge is 0.0602 e. The highest BCUT2D eigenvalue weighted by atomic mass is 16.5. The van der Waals surface area contributed by atoms with Crippen LogP contribution in [0.4, 0.5) is 0 Å². The summed E-state index contributed by atoms with van der Waals surface area (Å²) in [5, 5.41) is 3.62. The maximum Gasteiger partial charge on any atom is 0.0602 e. The van der Waals surface area contributed by atoms with Crippen LogP contribution in [0.25, 0.3) is 0 Å². The van der Waals surface area contributed by atoms with E-state index in [-0.39, 0.29) is 11.1 Å². The zero-order valence-corrected chi connectivity index (χ0v) is 16.5. The average Bonchev–Trinajstić information content (AvgIpc) is 2.04. The molecule has 0 radical (unpaired) electrons. The Bertz CT molecular complexity index is 273. The third kappa shape index (κ3) is 7.97. The lowest BCUT2D eigenvalue weighted by Gasteiger charge is -2.36. The normalized spacial score (nSPS) is 22.9. The molecule has 2 nitrogen and oxygen atoms in total. The lowest BCUT2D eigenvalue weighted by atomic mass is 9.80. The maximum absolute atomic E-state index is 5.84. The van der Waals surface area contributed by atoms with E-state index in [9.17, 15) is 0 Å². The van der Waals surface area contributed by atoms with E-state index in [2.05, 4.69) is 60.7 Å². The molecule has 2 aliphatic rings. The van der Waals surface area contributed by atoms with Gasteiger partial charge >= 0.3 is 0 Å². The highest BCUT2D eigenvalue weighted by molar-refractivity contribution is 4.84. The minimum atomic E-state index is 0.0367. The summed E-state index contributed by atoms with van der Waals surface area (Å²) in [6.07, 6.45) is 8.93. The van der Waals surface area contributed by atoms with Crippen molar-refractivity contribution >= 4 is 0 Å². The van der Waals surface area contributed by atoms with Crippen molar-refractivity contribution in [3.8, 4) is 0 Å². The first-order valence-corrected chi connectivity index (χ1v) is 9.43. The summed E-state index contributed by atoms with van der Waals surface area (Å²) in [5.74, 6) is 1.79. The Hall–Kier alpha value is -0.0800. The second-order valence-corrected chi connectivity index (χ2v) is 9.50. The van der Waals surface area contributed by atoms with E-state index in [1.54, 1.807) is 0 Å². The van der Waals surface area contributed by atoms with E-state index in [1.807, 2.05) is 0 Å². The molecule has 2 fully saturated rings. The van der Waals surface area contributed by atoms with Gasteiger partial charge in [-0.1, -0.05) is 12.8 Å². The van der Waals surface area contributed by atoms with E-state index in [1.165, 1.54) is 38.5 Å². The minimum Gasteiger partial charge on any atom is -0.373 e. The number of nitrogens with one attached hydrogen (secondary N) is 1. The second-order valence-electron chi connectivity index (χ2n) is 9.50. The van der Waals surface area contributed by atoms with Gasteiger partial charge in [0.05, 0.1) is 11.7 Å². The fourth-order valence-corrected chi connectivity index (χ4v) is 3.30. The topological polar surface area (TPSA) is 21.3 Å². The Morgan fingerprint density at radius 3 is 1.55 bits per heavy atom. The van der Waals surface area contributed by atoms with Gasteiger partial charge in [0, 0.05) is 11.6 Å². The monoisotopic (exact) mass is 311 g/mol. The molecule has 132 valence electrons. The Labute approximate surface area is 139 Å². The molecule has 22 heavy (non-hydrogen) atoms. The van der Waals surface area contributed by atoms with Crippen LogP contribution in [0, 0.1) is 11.8 Å². The van der Waals surface area contributed by atoms with Gasteiger partial charge in [-0.25, -0.2) is 0 Å². The van der Waals surface area contributed by atoms with E-state index >= 15 is 0 Å². The minimum absolute atomic E-state index is 0.0367. The Balaban J connectivity index is 0.000000220. The zero-order valence-electron chi connectivity index (χ0n) is 16.5. The van der Waals surface area contributed by atoms with Gasteiger partial charge in [0.2, 0.25) is 0 Å². The molecule has 2 atom stereocenters. The second kappa shape index (κ2) is 8.15. The van der Waals surface area contributed by atoms with Crippen LogP contribution in [-0.4, -0.2) is 23.3 Å². The summed E-state index contributed by atoms with van der Waals surface area (Å²) in [4.78, 5) is 0. The van der Waals surface area contributed by atoms with Gasteiger partial charge in [0.25, 0.3) is 0 Å². The predicted octanol–water partition coefficient (Wildman–Crippen LogP) is 5.55. The maximum atomic E-state index is 5.84. The van der Waals surface area contributed by atoms with Gasteiger partial charge in [-0.15, -0.1) is 0 Å². The molecule has 0 aromatic carbocycles. The molecule has 0 spiro atoms. The van der Waals surface area contributed by atoms with Crippen LogP contribution in [-0.2, 0) is 4.74 Å². The van der Waals surface area contributed by atoms with E-state index < -0.39 is 0 Å². The molecule has 0 saturated heterocycles. The van der Waals surface area contributed by atoms with E-state index in [4.69, 9.17) is 4.74 Å². The summed E-state index contributed by atoms with van der Waals surface area (Å²) in [5.41, 5.74) is 0.323. The number of hydrogen-bond acceptors (Lipinski definition) is 2. The van der Waals surface area contributed by atoms with E-state index in [0.717, 1.165) is 11.8 Å². The van der Waals surface area contributed by atoms with E-state index in [0.29, 0.717) is 12.1 Å². The van der Waals surface area contributed by atoms with Crippen molar-refractivity contribution in [2.75, 3.05) is 0 Å². The molecular weight excluding hydrogens is 270 g/mol. The molecular formula is C20H41NO. The number of rotatable bonds is 4. The fraction of sp³-hybridized carbons (Fsp3) is 1.00. The molecule has 2 unspecified atom stereocenters. The largest absolute Gasteiger partial charge is 0.373 e. The number of ether oxygens (including phenoxy) is 1. The van der Waals surface area contributed by atoms with Crippen LogP contribution >= 0.6 is 0 Å². The summed E-state index contributed by atoms with van der Waals surface area (Å²) >= 11 is 0. The third-order valence-electron chi connectivity index (χ3n) is 4.87. The zero-order chi connectivity index (χ0) is 17.0. The van der Waals surface area contributed by atoms with Crippen molar-refractivity contribution in [1.82, 2.24) is 5.32 Å². The predicted molar refractivity (Wildman–Crippen MR) is 97.3 cm³/mol. The van der Waals surface area contributed by atoms with Crippen molar-refractivity contribution in [2.24, 2.45) is 11.8 Å². The Morgan fingerprint density at radius 2 is 1.27 bits per heavy atom. The Morgan fingerprint density at radius 1 is 0.818 bits per heavy atom. The average molecular weight is 312 g/mol. The third-order valence-corrected chi connectivity index (χ3v) is 4.87. The van der Waals surface area contributed by atoms with Gasteiger partial charge in [-0.3, -0.25) is 0 Å². The molecule has 1 N–H and O–H groups in total. The van der Waals surface area contributed by atoms with Gasteiger partial charge in [-0.05, 0) is 92.9 Å². The van der Waals surface area contributed by atoms with Gasteiger partial charge in [0.15, 0.2) is 0 Å². The first-order chi connectivity index (χ1) is 9.98. The van der Waals surface area contributed by atoms with Crippen LogP contribution in [0.15, 0.2) is 0 Å². The fourth-order valence-electron chi connectivity index (χ4n) is 3.30. The molecule has 2 saturated carbocycles. The van der Waals surface area contributed by atoms with Crippen molar-refractivity contribution in [1.29, 1.82) is 0 Å². The SMILES string of the molecule is CC(NC(C)(C)C)C1CCC1.CC(OC(C)(C)C)C1CCC1. The summed E-state index contributed by atoms with van der Waals surface area (Å²) in [7, 11) is 0. The standard InChI is InChI=1S/C10H21N.C10H20O/c2*1-8(9-6-5-7-9)11-10(2,3)4/h8-9,11H,5-7H2,1-4H3;8-9H,5-7H2,1-4H3. The first-order valence-electron chi connectivity index (χ1n) is 9.43. The molecule has 2 aliphatic carbocycles. The highest BCUT2D eigenvalue weighted by Gasteiger charge is 2.27. The summed E-state index contributed by atoms with van der Waals surface area (Å²) in [6.45, 7) is 17.6. The first kappa shape index (κ1) is 20.0. The highest BCUT2D eigenvalue weighted by Crippen LogP contribution is 2.32. The molecule has 2 heteroatoms. The lowest BCUT2D eigenvalue weighted by molar-refractivity contribution is -0.0899. The van der Waals surface area contributed by atoms with Crippen molar-refractivity contribution in [3.63, 3.8) is 0 Å². The summed E-state index contributed by atoms with van der Waals surface area (Å²) < 4.78 is 5.84. The molecule has 0 bridgehead atoms. The van der Waals surface area contributed by atoms with Crippen molar-refractivity contribution in [3.05, 3.63) is 0 Å². The van der Waals surface area contributed by atoms with Crippen LogP contribution in [0.3, 0.4) is 0 Å². The van der Waals surface area contributed by atoms with Crippen molar-refractivity contribution in [2.45, 2.75) is 117 Å². The van der Waals surface area contributed by atoms with Gasteiger partial charge in [0.1, 0.15) is 0 Å². The quantitative estimate of drug-likeness (QED) is 0.734. The van der Waals surface area contributed by atoms with Gasteiger partial charge in [-0.2, -0.15) is 0 Å². The van der Waals surface area contributed by atoms with Crippen LogP contribution in [0.5, 0.6) is 0 Å². The van der Waals surface area contributed by atoms with Crippen LogP contribution in [0.1, 0.15) is 93.9 Å². The molecule has 0 aliphatic heterocycles. The number of hydrogen-bond donors (Lipinski definition) is 1. The van der Waals surface area contributed by atoms with Gasteiger partial charge < -0.3 is 10.1 Å². The summed E-state index contributed by atoms with van der Waals surface area (Å²) in [6, 6.07) is 0.712. The lowest BCUT2D eigenvalue weighted by Crippen LogP contribution is -2.47. The molecule has 0 aromatic heterocycles. The molecule has 0 heterocycles. The molecule has 0 amide bonds. The van der Waals surface area contributed by atoms with Crippen molar-refractivity contribution < 1.29 is 4.74 Å².